The molecule has 0 bridgehead atoms. The van der Waals surface area contributed by atoms with Crippen LogP contribution in [0.2, 0.25) is 0 Å². The molecule has 0 atom stereocenters. The molecule has 2 aliphatic heterocycles. The van der Waals surface area contributed by atoms with Crippen molar-refractivity contribution in [1.82, 2.24) is 4.31 Å². The maximum Gasteiger partial charge on any atom is 0.329 e. The van der Waals surface area contributed by atoms with Crippen LogP contribution in [-0.2, 0) is 29.0 Å². The zero-order valence-corrected chi connectivity index (χ0v) is 19.4. The van der Waals surface area contributed by atoms with Crippen LogP contribution in [-0.4, -0.2) is 68.6 Å². The van der Waals surface area contributed by atoms with E-state index in [1.54, 1.807) is 20.8 Å². The fourth-order valence-electron chi connectivity index (χ4n) is 3.92. The summed E-state index contributed by atoms with van der Waals surface area (Å²) in [4.78, 5) is 13.0. The standard InChI is InChI=1S/C21H39NO6S/c1-5-6-14-26-15-9-18-7-12-22(13-8-18)29(24,25)21(10-16-27-17-11-21)19(23)28-20(2,3)4/h18H,5-17H2,1-4H3. The Labute approximate surface area is 176 Å². The molecule has 170 valence electrons. The number of sulfonamides is 1. The van der Waals surface area contributed by atoms with Gasteiger partial charge in [-0.25, -0.2) is 12.7 Å². The Morgan fingerprint density at radius 3 is 2.31 bits per heavy atom. The topological polar surface area (TPSA) is 82.1 Å². The number of esters is 1. The first-order valence-electron chi connectivity index (χ1n) is 11.0. The quantitative estimate of drug-likeness (QED) is 0.410. The first-order chi connectivity index (χ1) is 13.6. The highest BCUT2D eigenvalue weighted by molar-refractivity contribution is 7.91. The van der Waals surface area contributed by atoms with E-state index in [0.717, 1.165) is 45.3 Å². The molecule has 2 saturated heterocycles. The number of unbranched alkanes of at least 4 members (excludes halogenated alkanes) is 1. The lowest BCUT2D eigenvalue weighted by Crippen LogP contribution is -2.59. The van der Waals surface area contributed by atoms with Gasteiger partial charge in [-0.05, 0) is 52.4 Å². The Kier molecular flexibility index (Phi) is 8.94. The lowest BCUT2D eigenvalue weighted by atomic mass is 9.95. The lowest BCUT2D eigenvalue weighted by molar-refractivity contribution is -0.161. The monoisotopic (exact) mass is 433 g/mol. The van der Waals surface area contributed by atoms with Crippen molar-refractivity contribution >= 4 is 16.0 Å². The van der Waals surface area contributed by atoms with Crippen molar-refractivity contribution < 1.29 is 27.4 Å². The summed E-state index contributed by atoms with van der Waals surface area (Å²) in [6.45, 7) is 10.4. The van der Waals surface area contributed by atoms with Gasteiger partial charge in [-0.15, -0.1) is 0 Å². The summed E-state index contributed by atoms with van der Waals surface area (Å²) < 4.78 is 43.7. The molecule has 0 unspecified atom stereocenters. The number of hydrogen-bond acceptors (Lipinski definition) is 6. The maximum absolute atomic E-state index is 13.6. The minimum absolute atomic E-state index is 0.148. The molecule has 2 heterocycles. The molecule has 2 rings (SSSR count). The second-order valence-electron chi connectivity index (χ2n) is 9.21. The summed E-state index contributed by atoms with van der Waals surface area (Å²) in [6.07, 6.45) is 5.07. The molecule has 0 aromatic carbocycles. The second-order valence-corrected chi connectivity index (χ2v) is 11.5. The first-order valence-corrected chi connectivity index (χ1v) is 12.4. The van der Waals surface area contributed by atoms with Crippen molar-refractivity contribution in [3.8, 4) is 0 Å². The minimum atomic E-state index is -3.83. The zero-order chi connectivity index (χ0) is 21.5. The SMILES string of the molecule is CCCCOCCC1CCN(S(=O)(=O)C2(C(=O)OC(C)(C)C)CCOCC2)CC1. The highest BCUT2D eigenvalue weighted by atomic mass is 32.2. The fourth-order valence-corrected chi connectivity index (χ4v) is 6.04. The second kappa shape index (κ2) is 10.6. The predicted molar refractivity (Wildman–Crippen MR) is 112 cm³/mol. The van der Waals surface area contributed by atoms with E-state index in [9.17, 15) is 13.2 Å². The highest BCUT2D eigenvalue weighted by Gasteiger charge is 2.56. The molecule has 2 fully saturated rings. The van der Waals surface area contributed by atoms with Crippen LogP contribution in [0.25, 0.3) is 0 Å². The van der Waals surface area contributed by atoms with Gasteiger partial charge < -0.3 is 14.2 Å². The molecule has 0 saturated carbocycles. The van der Waals surface area contributed by atoms with Crippen molar-refractivity contribution in [3.63, 3.8) is 0 Å². The molecule has 0 N–H and O–H groups in total. The van der Waals surface area contributed by atoms with Gasteiger partial charge in [0.1, 0.15) is 5.60 Å². The maximum atomic E-state index is 13.6. The molecular formula is C21H39NO6S. The van der Waals surface area contributed by atoms with Gasteiger partial charge in [-0.2, -0.15) is 0 Å². The van der Waals surface area contributed by atoms with Gasteiger partial charge in [-0.1, -0.05) is 13.3 Å². The normalized spacial score (nSPS) is 21.8. The van der Waals surface area contributed by atoms with Crippen LogP contribution in [0.15, 0.2) is 0 Å². The van der Waals surface area contributed by atoms with Gasteiger partial charge in [0.2, 0.25) is 10.0 Å². The molecule has 0 aromatic rings. The van der Waals surface area contributed by atoms with E-state index in [4.69, 9.17) is 14.2 Å². The third kappa shape index (κ3) is 6.39. The van der Waals surface area contributed by atoms with Crippen LogP contribution < -0.4 is 0 Å². The number of nitrogens with zero attached hydrogens (tertiary/aromatic N) is 1. The molecule has 7 nitrogen and oxygen atoms in total. The number of carbonyl (C=O) groups is 1. The van der Waals surface area contributed by atoms with E-state index in [-0.39, 0.29) is 26.1 Å². The average molecular weight is 434 g/mol. The highest BCUT2D eigenvalue weighted by Crippen LogP contribution is 2.37. The average Bonchev–Trinajstić information content (AvgIpc) is 2.67. The minimum Gasteiger partial charge on any atom is -0.459 e. The molecule has 0 spiro atoms. The fraction of sp³-hybridized carbons (Fsp3) is 0.952. The molecule has 2 aliphatic rings. The number of piperidine rings is 1. The van der Waals surface area contributed by atoms with Gasteiger partial charge in [0.05, 0.1) is 0 Å². The Bertz CT molecular complexity index is 614. The van der Waals surface area contributed by atoms with Crippen molar-refractivity contribution in [3.05, 3.63) is 0 Å². The smallest absolute Gasteiger partial charge is 0.329 e. The van der Waals surface area contributed by atoms with Crippen molar-refractivity contribution in [2.45, 2.75) is 83.0 Å². The Morgan fingerprint density at radius 1 is 1.14 bits per heavy atom. The number of ether oxygens (including phenoxy) is 3. The summed E-state index contributed by atoms with van der Waals surface area (Å²) in [6, 6.07) is 0. The van der Waals surface area contributed by atoms with Gasteiger partial charge in [0.25, 0.3) is 0 Å². The lowest BCUT2D eigenvalue weighted by Gasteiger charge is -2.41. The van der Waals surface area contributed by atoms with Crippen LogP contribution in [0, 0.1) is 5.92 Å². The summed E-state index contributed by atoms with van der Waals surface area (Å²) in [5.74, 6) is -0.171. The van der Waals surface area contributed by atoms with E-state index in [2.05, 4.69) is 6.92 Å². The van der Waals surface area contributed by atoms with Crippen molar-refractivity contribution in [2.24, 2.45) is 5.92 Å². The van der Waals surface area contributed by atoms with Crippen molar-refractivity contribution in [1.29, 1.82) is 0 Å². The van der Waals surface area contributed by atoms with Crippen LogP contribution in [0.3, 0.4) is 0 Å². The number of rotatable bonds is 9. The van der Waals surface area contributed by atoms with Crippen LogP contribution in [0.1, 0.15) is 72.6 Å². The third-order valence-corrected chi connectivity index (χ3v) is 8.40. The van der Waals surface area contributed by atoms with Gasteiger partial charge in [0, 0.05) is 52.4 Å². The van der Waals surface area contributed by atoms with E-state index in [1.165, 1.54) is 4.31 Å². The van der Waals surface area contributed by atoms with Gasteiger partial charge in [0.15, 0.2) is 4.75 Å². The number of hydrogen-bond donors (Lipinski definition) is 0. The zero-order valence-electron chi connectivity index (χ0n) is 18.6. The molecule has 0 aromatic heterocycles. The Balaban J connectivity index is 2.01. The van der Waals surface area contributed by atoms with Crippen LogP contribution in [0.4, 0.5) is 0 Å². The van der Waals surface area contributed by atoms with E-state index in [0.29, 0.717) is 19.0 Å². The van der Waals surface area contributed by atoms with Gasteiger partial charge in [-0.3, -0.25) is 4.79 Å². The predicted octanol–water partition coefficient (Wildman–Crippen LogP) is 3.13. The molecule has 8 heteroatoms. The van der Waals surface area contributed by atoms with Crippen LogP contribution >= 0.6 is 0 Å². The summed E-state index contributed by atoms with van der Waals surface area (Å²) in [5.41, 5.74) is -0.733. The largest absolute Gasteiger partial charge is 0.459 e. The van der Waals surface area contributed by atoms with E-state index < -0.39 is 26.3 Å². The molecule has 0 radical (unpaired) electrons. The first kappa shape index (κ1) is 24.6. The Morgan fingerprint density at radius 2 is 1.76 bits per heavy atom. The molecule has 29 heavy (non-hydrogen) atoms. The summed E-state index contributed by atoms with van der Waals surface area (Å²) in [5, 5.41) is 0. The van der Waals surface area contributed by atoms with Crippen LogP contribution in [0.5, 0.6) is 0 Å². The Hall–Kier alpha value is -0.700. The molecular weight excluding hydrogens is 394 g/mol. The third-order valence-electron chi connectivity index (χ3n) is 5.79. The van der Waals surface area contributed by atoms with E-state index >= 15 is 0 Å². The molecule has 0 amide bonds. The van der Waals surface area contributed by atoms with Crippen molar-refractivity contribution in [2.75, 3.05) is 39.5 Å². The van der Waals surface area contributed by atoms with Gasteiger partial charge >= 0.3 is 5.97 Å². The summed E-state index contributed by atoms with van der Waals surface area (Å²) in [7, 11) is -3.83. The number of carbonyl (C=O) groups excluding carboxylic acids is 1. The molecule has 0 aliphatic carbocycles. The van der Waals surface area contributed by atoms with E-state index in [1.807, 2.05) is 0 Å². The summed E-state index contributed by atoms with van der Waals surface area (Å²) >= 11 is 0.